The fraction of sp³-hybridized carbons (Fsp3) is 0.409. The number of hydrogen-bond donors (Lipinski definition) is 1. The summed E-state index contributed by atoms with van der Waals surface area (Å²) in [7, 11) is 0. The summed E-state index contributed by atoms with van der Waals surface area (Å²) in [5.41, 5.74) is 3.12. The van der Waals surface area contributed by atoms with Crippen molar-refractivity contribution in [2.45, 2.75) is 47.3 Å². The monoisotopic (exact) mass is 371 g/mol. The Labute approximate surface area is 161 Å². The molecular formula is C22H29NO4. The van der Waals surface area contributed by atoms with Crippen molar-refractivity contribution in [3.05, 3.63) is 53.1 Å². The van der Waals surface area contributed by atoms with Gasteiger partial charge in [-0.05, 0) is 69.5 Å². The molecule has 0 aliphatic rings. The third-order valence-electron chi connectivity index (χ3n) is 4.30. The summed E-state index contributed by atoms with van der Waals surface area (Å²) in [6, 6.07) is 11.5. The predicted molar refractivity (Wildman–Crippen MR) is 107 cm³/mol. The Kier molecular flexibility index (Phi) is 7.53. The van der Waals surface area contributed by atoms with Crippen LogP contribution >= 0.6 is 0 Å². The average Bonchev–Trinajstić information content (AvgIpc) is 2.65. The molecule has 0 aliphatic carbocycles. The molecule has 0 heterocycles. The van der Waals surface area contributed by atoms with E-state index < -0.39 is 6.10 Å². The zero-order valence-corrected chi connectivity index (χ0v) is 16.8. The van der Waals surface area contributed by atoms with E-state index in [4.69, 9.17) is 14.2 Å². The molecule has 0 saturated heterocycles. The fourth-order valence-corrected chi connectivity index (χ4v) is 2.63. The largest absolute Gasteiger partial charge is 0.490 e. The standard InChI is InChI=1S/C22H29NO4/c1-6-25-20-12-11-18(13-21(20)26-7-2)14-23-22(24)17(5)27-19-10-8-9-15(3)16(19)4/h8-13,17H,6-7,14H2,1-5H3,(H,23,24)/t17-/m1/s1. The van der Waals surface area contributed by atoms with Gasteiger partial charge >= 0.3 is 0 Å². The van der Waals surface area contributed by atoms with Crippen molar-refractivity contribution in [2.75, 3.05) is 13.2 Å². The first-order valence-corrected chi connectivity index (χ1v) is 9.35. The van der Waals surface area contributed by atoms with Gasteiger partial charge in [0.05, 0.1) is 13.2 Å². The first-order chi connectivity index (χ1) is 13.0. The van der Waals surface area contributed by atoms with E-state index in [9.17, 15) is 4.79 Å². The number of aryl methyl sites for hydroxylation is 1. The normalized spacial score (nSPS) is 11.6. The van der Waals surface area contributed by atoms with Crippen LogP contribution in [-0.4, -0.2) is 25.2 Å². The van der Waals surface area contributed by atoms with Gasteiger partial charge in [0.15, 0.2) is 17.6 Å². The highest BCUT2D eigenvalue weighted by atomic mass is 16.5. The lowest BCUT2D eigenvalue weighted by Crippen LogP contribution is -2.36. The van der Waals surface area contributed by atoms with Gasteiger partial charge in [0, 0.05) is 6.54 Å². The number of ether oxygens (including phenoxy) is 3. The summed E-state index contributed by atoms with van der Waals surface area (Å²) in [5.74, 6) is 1.96. The number of hydrogen-bond acceptors (Lipinski definition) is 4. The second-order valence-electron chi connectivity index (χ2n) is 6.32. The molecule has 0 fully saturated rings. The molecule has 0 unspecified atom stereocenters. The van der Waals surface area contributed by atoms with Crippen LogP contribution in [0.2, 0.25) is 0 Å². The molecule has 27 heavy (non-hydrogen) atoms. The smallest absolute Gasteiger partial charge is 0.261 e. The summed E-state index contributed by atoms with van der Waals surface area (Å²) in [6.45, 7) is 11.1. The fourth-order valence-electron chi connectivity index (χ4n) is 2.63. The summed E-state index contributed by atoms with van der Waals surface area (Å²) < 4.78 is 17.0. The molecule has 1 N–H and O–H groups in total. The van der Waals surface area contributed by atoms with Gasteiger partial charge in [0.2, 0.25) is 0 Å². The number of amides is 1. The lowest BCUT2D eigenvalue weighted by atomic mass is 10.1. The summed E-state index contributed by atoms with van der Waals surface area (Å²) in [5, 5.41) is 2.91. The molecule has 1 amide bonds. The van der Waals surface area contributed by atoms with Crippen molar-refractivity contribution in [3.8, 4) is 17.2 Å². The summed E-state index contributed by atoms with van der Waals surface area (Å²) in [6.07, 6.45) is -0.584. The minimum Gasteiger partial charge on any atom is -0.490 e. The van der Waals surface area contributed by atoms with E-state index in [1.165, 1.54) is 0 Å². The maximum absolute atomic E-state index is 12.4. The third-order valence-corrected chi connectivity index (χ3v) is 4.30. The second kappa shape index (κ2) is 9.86. The van der Waals surface area contributed by atoms with E-state index in [1.54, 1.807) is 6.92 Å². The molecule has 0 bridgehead atoms. The molecule has 0 aromatic heterocycles. The van der Waals surface area contributed by atoms with Crippen LogP contribution in [0.4, 0.5) is 0 Å². The van der Waals surface area contributed by atoms with Crippen LogP contribution < -0.4 is 19.5 Å². The van der Waals surface area contributed by atoms with Crippen molar-refractivity contribution < 1.29 is 19.0 Å². The van der Waals surface area contributed by atoms with Crippen molar-refractivity contribution >= 4 is 5.91 Å². The van der Waals surface area contributed by atoms with Gasteiger partial charge in [0.1, 0.15) is 5.75 Å². The molecular weight excluding hydrogens is 342 g/mol. The number of carbonyl (C=O) groups excluding carboxylic acids is 1. The average molecular weight is 371 g/mol. The van der Waals surface area contributed by atoms with Gasteiger partial charge < -0.3 is 19.5 Å². The van der Waals surface area contributed by atoms with Gasteiger partial charge in [-0.25, -0.2) is 0 Å². The van der Waals surface area contributed by atoms with Gasteiger partial charge in [-0.2, -0.15) is 0 Å². The molecule has 0 saturated carbocycles. The van der Waals surface area contributed by atoms with E-state index in [0.717, 1.165) is 22.4 Å². The Bertz CT molecular complexity index is 773. The molecule has 0 spiro atoms. The Morgan fingerprint density at radius 3 is 2.41 bits per heavy atom. The number of benzene rings is 2. The number of rotatable bonds is 9. The van der Waals surface area contributed by atoms with Gasteiger partial charge in [-0.1, -0.05) is 18.2 Å². The SMILES string of the molecule is CCOc1ccc(CNC(=O)[C@@H](C)Oc2cccc(C)c2C)cc1OCC. The van der Waals surface area contributed by atoms with Crippen LogP contribution in [0.15, 0.2) is 36.4 Å². The highest BCUT2D eigenvalue weighted by Gasteiger charge is 2.16. The van der Waals surface area contributed by atoms with Crippen molar-refractivity contribution in [1.29, 1.82) is 0 Å². The minimum absolute atomic E-state index is 0.164. The van der Waals surface area contributed by atoms with Crippen LogP contribution in [-0.2, 0) is 11.3 Å². The topological polar surface area (TPSA) is 56.8 Å². The molecule has 1 atom stereocenters. The Balaban J connectivity index is 1.97. The molecule has 0 radical (unpaired) electrons. The van der Waals surface area contributed by atoms with Crippen molar-refractivity contribution in [1.82, 2.24) is 5.32 Å². The Morgan fingerprint density at radius 2 is 1.70 bits per heavy atom. The third kappa shape index (κ3) is 5.64. The van der Waals surface area contributed by atoms with E-state index in [0.29, 0.717) is 31.3 Å². The number of nitrogens with one attached hydrogen (secondary N) is 1. The Morgan fingerprint density at radius 1 is 1.00 bits per heavy atom. The maximum Gasteiger partial charge on any atom is 0.261 e. The molecule has 0 aliphatic heterocycles. The highest BCUT2D eigenvalue weighted by Crippen LogP contribution is 2.28. The van der Waals surface area contributed by atoms with Crippen molar-refractivity contribution in [3.63, 3.8) is 0 Å². The van der Waals surface area contributed by atoms with Gasteiger partial charge in [-0.3, -0.25) is 4.79 Å². The Hall–Kier alpha value is -2.69. The predicted octanol–water partition coefficient (Wildman–Crippen LogP) is 4.18. The maximum atomic E-state index is 12.4. The van der Waals surface area contributed by atoms with Gasteiger partial charge in [0.25, 0.3) is 5.91 Å². The molecule has 2 aromatic carbocycles. The first-order valence-electron chi connectivity index (χ1n) is 9.35. The van der Waals surface area contributed by atoms with Crippen LogP contribution in [0.3, 0.4) is 0 Å². The number of carbonyl (C=O) groups is 1. The van der Waals surface area contributed by atoms with Crippen LogP contribution in [0.1, 0.15) is 37.5 Å². The van der Waals surface area contributed by atoms with Crippen molar-refractivity contribution in [2.24, 2.45) is 0 Å². The summed E-state index contributed by atoms with van der Waals surface area (Å²) in [4.78, 5) is 12.4. The van der Waals surface area contributed by atoms with E-state index in [2.05, 4.69) is 5.32 Å². The van der Waals surface area contributed by atoms with Gasteiger partial charge in [-0.15, -0.1) is 0 Å². The van der Waals surface area contributed by atoms with E-state index in [-0.39, 0.29) is 5.91 Å². The molecule has 5 heteroatoms. The lowest BCUT2D eigenvalue weighted by molar-refractivity contribution is -0.127. The zero-order valence-electron chi connectivity index (χ0n) is 16.8. The first kappa shape index (κ1) is 20.6. The molecule has 2 aromatic rings. The molecule has 5 nitrogen and oxygen atoms in total. The van der Waals surface area contributed by atoms with E-state index in [1.807, 2.05) is 64.1 Å². The van der Waals surface area contributed by atoms with Crippen LogP contribution in [0.5, 0.6) is 17.2 Å². The van der Waals surface area contributed by atoms with Crippen LogP contribution in [0, 0.1) is 13.8 Å². The second-order valence-corrected chi connectivity index (χ2v) is 6.32. The van der Waals surface area contributed by atoms with E-state index >= 15 is 0 Å². The lowest BCUT2D eigenvalue weighted by Gasteiger charge is -2.17. The molecule has 2 rings (SSSR count). The van der Waals surface area contributed by atoms with Crippen LogP contribution in [0.25, 0.3) is 0 Å². The highest BCUT2D eigenvalue weighted by molar-refractivity contribution is 5.80. The minimum atomic E-state index is -0.584. The summed E-state index contributed by atoms with van der Waals surface area (Å²) >= 11 is 0. The molecule has 146 valence electrons. The zero-order chi connectivity index (χ0) is 19.8. The quantitative estimate of drug-likeness (QED) is 0.718.